The lowest BCUT2D eigenvalue weighted by Gasteiger charge is -2.33. The first-order valence-corrected chi connectivity index (χ1v) is 8.51. The van der Waals surface area contributed by atoms with E-state index in [-0.39, 0.29) is 10.8 Å². The van der Waals surface area contributed by atoms with Gasteiger partial charge in [0.05, 0.1) is 11.2 Å². The standard InChI is InChI=1S/C17H17ClF3N5/c1-10-9-23-25(2)15(10)11-3-5-26(6-4-11)14-7-13(18)12(8-22)16(24-14)17(19,20)21/h7,9,11H,3-6H2,1-2H3. The highest BCUT2D eigenvalue weighted by Crippen LogP contribution is 2.37. The number of aromatic nitrogens is 3. The van der Waals surface area contributed by atoms with Crippen molar-refractivity contribution in [3.8, 4) is 6.07 Å². The quantitative estimate of drug-likeness (QED) is 0.785. The molecule has 1 saturated heterocycles. The number of hydrogen-bond acceptors (Lipinski definition) is 4. The Kier molecular flexibility index (Phi) is 4.84. The molecule has 1 fully saturated rings. The fraction of sp³-hybridized carbons (Fsp3) is 0.471. The van der Waals surface area contributed by atoms with Crippen molar-refractivity contribution in [2.45, 2.75) is 31.9 Å². The van der Waals surface area contributed by atoms with Crippen LogP contribution in [0.3, 0.4) is 0 Å². The number of nitriles is 1. The second kappa shape index (κ2) is 6.80. The van der Waals surface area contributed by atoms with Crippen LogP contribution in [0.15, 0.2) is 12.3 Å². The van der Waals surface area contributed by atoms with E-state index in [0.29, 0.717) is 19.0 Å². The Bertz CT molecular complexity index is 841. The molecule has 26 heavy (non-hydrogen) atoms. The summed E-state index contributed by atoms with van der Waals surface area (Å²) in [5.41, 5.74) is 0.409. The Morgan fingerprint density at radius 1 is 1.31 bits per heavy atom. The van der Waals surface area contributed by atoms with Gasteiger partial charge in [-0.25, -0.2) is 4.98 Å². The summed E-state index contributed by atoms with van der Waals surface area (Å²) in [6.45, 7) is 3.12. The number of alkyl halides is 3. The van der Waals surface area contributed by atoms with Gasteiger partial charge >= 0.3 is 6.18 Å². The molecule has 138 valence electrons. The molecule has 0 aliphatic carbocycles. The van der Waals surface area contributed by atoms with Crippen molar-refractivity contribution in [1.29, 1.82) is 5.26 Å². The van der Waals surface area contributed by atoms with E-state index in [1.807, 2.05) is 24.9 Å². The molecule has 2 aromatic rings. The topological polar surface area (TPSA) is 57.7 Å². The number of nitrogens with zero attached hydrogens (tertiary/aromatic N) is 5. The van der Waals surface area contributed by atoms with E-state index in [1.165, 1.54) is 12.1 Å². The summed E-state index contributed by atoms with van der Waals surface area (Å²) in [6.07, 6.45) is -1.35. The van der Waals surface area contributed by atoms with Crippen LogP contribution < -0.4 is 4.90 Å². The Morgan fingerprint density at radius 2 is 1.96 bits per heavy atom. The van der Waals surface area contributed by atoms with Crippen LogP contribution in [0.1, 0.15) is 41.3 Å². The number of piperidine rings is 1. The summed E-state index contributed by atoms with van der Waals surface area (Å²) in [5.74, 6) is 0.455. The second-order valence-corrected chi connectivity index (χ2v) is 6.80. The molecular formula is C17H17ClF3N5. The van der Waals surface area contributed by atoms with Crippen molar-refractivity contribution < 1.29 is 13.2 Å². The van der Waals surface area contributed by atoms with E-state index in [1.54, 1.807) is 4.90 Å². The van der Waals surface area contributed by atoms with Crippen molar-refractivity contribution in [1.82, 2.24) is 14.8 Å². The van der Waals surface area contributed by atoms with Crippen LogP contribution in [0.25, 0.3) is 0 Å². The smallest absolute Gasteiger partial charge is 0.357 e. The van der Waals surface area contributed by atoms with Gasteiger partial charge < -0.3 is 4.90 Å². The third-order valence-corrected chi connectivity index (χ3v) is 5.02. The largest absolute Gasteiger partial charge is 0.434 e. The third-order valence-electron chi connectivity index (χ3n) is 4.72. The third kappa shape index (κ3) is 3.36. The van der Waals surface area contributed by atoms with Crippen LogP contribution >= 0.6 is 11.6 Å². The van der Waals surface area contributed by atoms with Gasteiger partial charge in [0, 0.05) is 37.8 Å². The molecule has 0 aromatic carbocycles. The molecule has 1 aliphatic heterocycles. The highest BCUT2D eigenvalue weighted by atomic mass is 35.5. The SMILES string of the molecule is Cc1cnn(C)c1C1CCN(c2cc(Cl)c(C#N)c(C(F)(F)F)n2)CC1. The molecule has 5 nitrogen and oxygen atoms in total. The molecule has 0 radical (unpaired) electrons. The molecule has 0 spiro atoms. The van der Waals surface area contributed by atoms with Crippen LogP contribution in [-0.2, 0) is 13.2 Å². The number of pyridine rings is 1. The molecule has 0 amide bonds. The van der Waals surface area contributed by atoms with Crippen LogP contribution in [-0.4, -0.2) is 27.9 Å². The molecule has 2 aromatic heterocycles. The zero-order valence-corrected chi connectivity index (χ0v) is 15.1. The summed E-state index contributed by atoms with van der Waals surface area (Å²) >= 11 is 5.91. The zero-order valence-electron chi connectivity index (χ0n) is 14.3. The summed E-state index contributed by atoms with van der Waals surface area (Å²) < 4.78 is 41.5. The molecule has 0 N–H and O–H groups in total. The van der Waals surface area contributed by atoms with Gasteiger partial charge in [-0.1, -0.05) is 11.6 Å². The van der Waals surface area contributed by atoms with Gasteiger partial charge in [0.2, 0.25) is 0 Å². The Hall–Kier alpha value is -2.27. The fourth-order valence-corrected chi connectivity index (χ4v) is 3.73. The lowest BCUT2D eigenvalue weighted by atomic mass is 9.91. The summed E-state index contributed by atoms with van der Waals surface area (Å²) in [5, 5.41) is 13.0. The Labute approximate surface area is 154 Å². The van der Waals surface area contributed by atoms with E-state index in [9.17, 15) is 13.2 Å². The molecule has 0 unspecified atom stereocenters. The fourth-order valence-electron chi connectivity index (χ4n) is 3.50. The molecule has 0 bridgehead atoms. The van der Waals surface area contributed by atoms with Crippen LogP contribution in [0.2, 0.25) is 5.02 Å². The zero-order chi connectivity index (χ0) is 19.1. The Balaban J connectivity index is 1.84. The predicted molar refractivity (Wildman–Crippen MR) is 91.1 cm³/mol. The highest BCUT2D eigenvalue weighted by molar-refractivity contribution is 6.32. The van der Waals surface area contributed by atoms with Crippen LogP contribution in [0, 0.1) is 18.3 Å². The predicted octanol–water partition coefficient (Wildman–Crippen LogP) is 4.05. The molecular weight excluding hydrogens is 367 g/mol. The van der Waals surface area contributed by atoms with Crippen molar-refractivity contribution in [2.75, 3.05) is 18.0 Å². The normalized spacial score (nSPS) is 16.0. The average Bonchev–Trinajstić information content (AvgIpc) is 2.92. The van der Waals surface area contributed by atoms with Crippen molar-refractivity contribution >= 4 is 17.4 Å². The van der Waals surface area contributed by atoms with E-state index in [2.05, 4.69) is 10.1 Å². The molecule has 3 heterocycles. The van der Waals surface area contributed by atoms with Crippen molar-refractivity contribution in [3.63, 3.8) is 0 Å². The lowest BCUT2D eigenvalue weighted by molar-refractivity contribution is -0.141. The van der Waals surface area contributed by atoms with Gasteiger partial charge in [-0.05, 0) is 25.3 Å². The number of aryl methyl sites for hydroxylation is 2. The summed E-state index contributed by atoms with van der Waals surface area (Å²) in [7, 11) is 1.90. The minimum atomic E-state index is -4.73. The van der Waals surface area contributed by atoms with Gasteiger partial charge in [-0.3, -0.25) is 4.68 Å². The monoisotopic (exact) mass is 383 g/mol. The number of rotatable bonds is 2. The minimum Gasteiger partial charge on any atom is -0.357 e. The average molecular weight is 384 g/mol. The maximum absolute atomic E-state index is 13.2. The number of halogens is 4. The second-order valence-electron chi connectivity index (χ2n) is 6.39. The Morgan fingerprint density at radius 3 is 2.46 bits per heavy atom. The highest BCUT2D eigenvalue weighted by Gasteiger charge is 2.38. The van der Waals surface area contributed by atoms with E-state index in [0.717, 1.165) is 24.1 Å². The molecule has 0 saturated carbocycles. The molecule has 3 rings (SSSR count). The number of anilines is 1. The maximum Gasteiger partial charge on any atom is 0.434 e. The minimum absolute atomic E-state index is 0.154. The first kappa shape index (κ1) is 18.5. The van der Waals surface area contributed by atoms with Crippen LogP contribution in [0.4, 0.5) is 19.0 Å². The van der Waals surface area contributed by atoms with Gasteiger partial charge in [-0.15, -0.1) is 0 Å². The van der Waals surface area contributed by atoms with E-state index in [4.69, 9.17) is 16.9 Å². The van der Waals surface area contributed by atoms with Gasteiger partial charge in [0.1, 0.15) is 17.5 Å². The summed E-state index contributed by atoms with van der Waals surface area (Å²) in [6, 6.07) is 2.83. The number of hydrogen-bond donors (Lipinski definition) is 0. The molecule has 9 heteroatoms. The van der Waals surface area contributed by atoms with Gasteiger partial charge in [0.15, 0.2) is 5.69 Å². The lowest BCUT2D eigenvalue weighted by Crippen LogP contribution is -2.34. The first-order chi connectivity index (χ1) is 12.2. The van der Waals surface area contributed by atoms with E-state index < -0.39 is 17.4 Å². The molecule has 0 atom stereocenters. The van der Waals surface area contributed by atoms with E-state index >= 15 is 0 Å². The van der Waals surface area contributed by atoms with Crippen molar-refractivity contribution in [3.05, 3.63) is 39.8 Å². The first-order valence-electron chi connectivity index (χ1n) is 8.13. The molecule has 1 aliphatic rings. The van der Waals surface area contributed by atoms with Crippen molar-refractivity contribution in [2.24, 2.45) is 7.05 Å². The van der Waals surface area contributed by atoms with Gasteiger partial charge in [0.25, 0.3) is 0 Å². The maximum atomic E-state index is 13.2. The van der Waals surface area contributed by atoms with Crippen LogP contribution in [0.5, 0.6) is 0 Å². The summed E-state index contributed by atoms with van der Waals surface area (Å²) in [4.78, 5) is 5.48. The van der Waals surface area contributed by atoms with Gasteiger partial charge in [-0.2, -0.15) is 23.5 Å².